The van der Waals surface area contributed by atoms with E-state index >= 15 is 0 Å². The second-order valence-electron chi connectivity index (χ2n) is 7.08. The number of amides is 3. The highest BCUT2D eigenvalue weighted by Crippen LogP contribution is 2.40. The summed E-state index contributed by atoms with van der Waals surface area (Å²) in [6.07, 6.45) is 1.04. The normalized spacial score (nSPS) is 24.5. The quantitative estimate of drug-likeness (QED) is 0.773. The Morgan fingerprint density at radius 3 is 2.52 bits per heavy atom. The molecule has 0 spiro atoms. The number of anilines is 1. The Balaban J connectivity index is 1.81. The highest BCUT2D eigenvalue weighted by Gasteiger charge is 2.55. The van der Waals surface area contributed by atoms with E-state index in [-0.39, 0.29) is 18.5 Å². The maximum atomic E-state index is 13.1. The van der Waals surface area contributed by atoms with Crippen LogP contribution in [0, 0.1) is 6.92 Å². The first-order valence-electron chi connectivity index (χ1n) is 8.97. The van der Waals surface area contributed by atoms with E-state index in [0.717, 1.165) is 22.6 Å². The van der Waals surface area contributed by atoms with Gasteiger partial charge in [-0.25, -0.2) is 9.79 Å². The molecule has 3 amide bonds. The van der Waals surface area contributed by atoms with Crippen LogP contribution in [-0.2, 0) is 4.79 Å². The number of rotatable bonds is 3. The van der Waals surface area contributed by atoms with E-state index in [4.69, 9.17) is 4.99 Å². The zero-order valence-corrected chi connectivity index (χ0v) is 16.0. The average Bonchev–Trinajstić information content (AvgIpc) is 3.14. The average molecular weight is 365 g/mol. The number of aryl methyl sites for hydroxylation is 1. The Morgan fingerprint density at radius 2 is 1.85 bits per heavy atom. The molecule has 0 bridgehead atoms. The smallest absolute Gasteiger partial charge is 0.302 e. The zero-order chi connectivity index (χ0) is 19.5. The number of para-hydroxylation sites is 1. The van der Waals surface area contributed by atoms with E-state index < -0.39 is 12.2 Å². The minimum absolute atomic E-state index is 0.192. The number of likely N-dealkylation sites (N-methyl/N-ethyl adjacent to an activating group) is 1. The molecule has 7 heteroatoms. The van der Waals surface area contributed by atoms with Gasteiger partial charge < -0.3 is 4.90 Å². The molecule has 3 aliphatic rings. The molecular formula is C20H23N5O2. The fraction of sp³-hybridized carbons (Fsp3) is 0.350. The van der Waals surface area contributed by atoms with Gasteiger partial charge in [0, 0.05) is 25.0 Å². The van der Waals surface area contributed by atoms with E-state index in [1.54, 1.807) is 18.0 Å². The largest absolute Gasteiger partial charge is 0.328 e. The van der Waals surface area contributed by atoms with E-state index in [9.17, 15) is 9.59 Å². The molecule has 3 heterocycles. The molecule has 2 unspecified atom stereocenters. The minimum atomic E-state index is -0.549. The molecule has 0 aliphatic carbocycles. The number of benzene rings is 1. The fourth-order valence-corrected chi connectivity index (χ4v) is 4.01. The first kappa shape index (κ1) is 17.3. The molecule has 3 aliphatic heterocycles. The second kappa shape index (κ2) is 5.97. The maximum absolute atomic E-state index is 13.1. The number of carbonyl (C=O) groups is 2. The minimum Gasteiger partial charge on any atom is -0.302 e. The SMILES string of the molecule is C=CCN1C(=O)C2C(N=C3N(c4ccccc4C)C(C)=C(C)N32)N(C)C1=O. The number of guanidine groups is 1. The molecule has 7 nitrogen and oxygen atoms in total. The van der Waals surface area contributed by atoms with Crippen molar-refractivity contribution in [3.05, 3.63) is 53.9 Å². The third-order valence-corrected chi connectivity index (χ3v) is 5.56. The predicted octanol–water partition coefficient (Wildman–Crippen LogP) is 2.51. The summed E-state index contributed by atoms with van der Waals surface area (Å²) in [5.41, 5.74) is 4.15. The summed E-state index contributed by atoms with van der Waals surface area (Å²) < 4.78 is 0. The van der Waals surface area contributed by atoms with Crippen molar-refractivity contribution in [2.24, 2.45) is 4.99 Å². The van der Waals surface area contributed by atoms with Crippen LogP contribution in [0.1, 0.15) is 19.4 Å². The topological polar surface area (TPSA) is 59.5 Å². The molecule has 27 heavy (non-hydrogen) atoms. The summed E-state index contributed by atoms with van der Waals surface area (Å²) in [5.74, 6) is 0.461. The lowest BCUT2D eigenvalue weighted by molar-refractivity contribution is -0.136. The Bertz CT molecular complexity index is 919. The van der Waals surface area contributed by atoms with Crippen LogP contribution in [0.2, 0.25) is 0 Å². The molecule has 0 saturated carbocycles. The summed E-state index contributed by atoms with van der Waals surface area (Å²) in [4.78, 5) is 37.4. The predicted molar refractivity (Wildman–Crippen MR) is 104 cm³/mol. The molecule has 0 N–H and O–H groups in total. The number of aliphatic imine (C=N–C) groups is 1. The molecule has 0 aromatic heterocycles. The third kappa shape index (κ3) is 2.24. The van der Waals surface area contributed by atoms with E-state index in [2.05, 4.69) is 24.5 Å². The molecule has 4 rings (SSSR count). The van der Waals surface area contributed by atoms with Crippen LogP contribution < -0.4 is 4.90 Å². The van der Waals surface area contributed by atoms with Gasteiger partial charge in [0.2, 0.25) is 5.96 Å². The lowest BCUT2D eigenvalue weighted by atomic mass is 10.1. The molecule has 2 atom stereocenters. The number of hydrogen-bond donors (Lipinski definition) is 0. The summed E-state index contributed by atoms with van der Waals surface area (Å²) in [6.45, 7) is 9.93. The van der Waals surface area contributed by atoms with Crippen molar-refractivity contribution >= 4 is 23.6 Å². The summed E-state index contributed by atoms with van der Waals surface area (Å²) >= 11 is 0. The highest BCUT2D eigenvalue weighted by molar-refractivity contribution is 6.10. The Labute approximate surface area is 158 Å². The van der Waals surface area contributed by atoms with Crippen LogP contribution in [0.4, 0.5) is 10.5 Å². The van der Waals surface area contributed by atoms with Crippen molar-refractivity contribution in [2.75, 3.05) is 18.5 Å². The number of hydrogen-bond acceptors (Lipinski definition) is 5. The fourth-order valence-electron chi connectivity index (χ4n) is 4.01. The van der Waals surface area contributed by atoms with Crippen molar-refractivity contribution in [3.63, 3.8) is 0 Å². The van der Waals surface area contributed by atoms with Crippen LogP contribution in [0.5, 0.6) is 0 Å². The van der Waals surface area contributed by atoms with Gasteiger partial charge in [-0.3, -0.25) is 19.5 Å². The number of urea groups is 1. The number of fused-ring (bicyclic) bond motifs is 3. The molecular weight excluding hydrogens is 342 g/mol. The lowest BCUT2D eigenvalue weighted by Crippen LogP contribution is -2.64. The molecule has 1 saturated heterocycles. The van der Waals surface area contributed by atoms with Crippen LogP contribution in [0.15, 0.2) is 53.3 Å². The summed E-state index contributed by atoms with van der Waals surface area (Å²) in [7, 11) is 1.69. The Hall–Kier alpha value is -3.09. The number of imide groups is 1. The standard InChI is InChI=1S/C20H23N5O2/c1-6-11-23-18(26)16-17(22(5)20(23)27)21-19-24(13(3)14(4)25(16)19)15-10-8-7-9-12(15)2/h6-10,16-17H,1,11H2,2-5H3. The molecule has 1 aromatic carbocycles. The van der Waals surface area contributed by atoms with Crippen molar-refractivity contribution in [1.82, 2.24) is 14.7 Å². The third-order valence-electron chi connectivity index (χ3n) is 5.56. The van der Waals surface area contributed by atoms with E-state index in [1.165, 1.54) is 4.90 Å². The van der Waals surface area contributed by atoms with Crippen molar-refractivity contribution < 1.29 is 9.59 Å². The molecule has 0 radical (unpaired) electrons. The first-order valence-corrected chi connectivity index (χ1v) is 8.97. The maximum Gasteiger partial charge on any atom is 0.328 e. The van der Waals surface area contributed by atoms with Crippen molar-refractivity contribution in [2.45, 2.75) is 33.0 Å². The summed E-state index contributed by atoms with van der Waals surface area (Å²) in [5, 5.41) is 0. The van der Waals surface area contributed by atoms with Gasteiger partial charge in [0.05, 0.1) is 5.69 Å². The molecule has 140 valence electrons. The van der Waals surface area contributed by atoms with E-state index in [0.29, 0.717) is 5.96 Å². The van der Waals surface area contributed by atoms with Gasteiger partial charge in [-0.05, 0) is 32.4 Å². The van der Waals surface area contributed by atoms with Crippen LogP contribution in [0.25, 0.3) is 0 Å². The Kier molecular flexibility index (Phi) is 3.83. The Morgan fingerprint density at radius 1 is 1.15 bits per heavy atom. The number of allylic oxidation sites excluding steroid dienone is 2. The van der Waals surface area contributed by atoms with Crippen LogP contribution in [0.3, 0.4) is 0 Å². The van der Waals surface area contributed by atoms with Gasteiger partial charge in [0.25, 0.3) is 5.91 Å². The van der Waals surface area contributed by atoms with Crippen LogP contribution in [-0.4, -0.2) is 58.4 Å². The number of carbonyl (C=O) groups excluding carboxylic acids is 2. The van der Waals surface area contributed by atoms with Gasteiger partial charge in [-0.2, -0.15) is 0 Å². The monoisotopic (exact) mass is 365 g/mol. The molecule has 1 aromatic rings. The van der Waals surface area contributed by atoms with Crippen LogP contribution >= 0.6 is 0 Å². The van der Waals surface area contributed by atoms with Gasteiger partial charge in [-0.15, -0.1) is 6.58 Å². The van der Waals surface area contributed by atoms with Gasteiger partial charge in [0.15, 0.2) is 12.2 Å². The lowest BCUT2D eigenvalue weighted by Gasteiger charge is -2.40. The molecule has 1 fully saturated rings. The zero-order valence-electron chi connectivity index (χ0n) is 16.0. The van der Waals surface area contributed by atoms with Crippen molar-refractivity contribution in [1.29, 1.82) is 0 Å². The number of nitrogens with zero attached hydrogens (tertiary/aromatic N) is 5. The van der Waals surface area contributed by atoms with Gasteiger partial charge in [0.1, 0.15) is 0 Å². The van der Waals surface area contributed by atoms with Gasteiger partial charge in [-0.1, -0.05) is 24.3 Å². The summed E-state index contributed by atoms with van der Waals surface area (Å²) in [6, 6.07) is 7.19. The highest BCUT2D eigenvalue weighted by atomic mass is 16.2. The van der Waals surface area contributed by atoms with Gasteiger partial charge >= 0.3 is 6.03 Å². The first-order chi connectivity index (χ1) is 12.9. The second-order valence-corrected chi connectivity index (χ2v) is 7.08. The van der Waals surface area contributed by atoms with Crippen molar-refractivity contribution in [3.8, 4) is 0 Å². The van der Waals surface area contributed by atoms with E-state index in [1.807, 2.05) is 36.9 Å².